The molecule has 1 heterocycles. The predicted octanol–water partition coefficient (Wildman–Crippen LogP) is 1.17. The van der Waals surface area contributed by atoms with Crippen LogP contribution in [0.4, 0.5) is 0 Å². The second kappa shape index (κ2) is 6.43. The molecule has 2 unspecified atom stereocenters. The maximum Gasteiger partial charge on any atom is 0.104 e. The highest BCUT2D eigenvalue weighted by molar-refractivity contribution is 7.80. The van der Waals surface area contributed by atoms with Crippen molar-refractivity contribution in [3.05, 3.63) is 35.4 Å². The summed E-state index contributed by atoms with van der Waals surface area (Å²) < 4.78 is 10.9. The first kappa shape index (κ1) is 14.4. The Balaban J connectivity index is 2.08. The van der Waals surface area contributed by atoms with Gasteiger partial charge in [0.2, 0.25) is 0 Å². The number of ether oxygens (including phenoxy) is 2. The first-order chi connectivity index (χ1) is 9.15. The van der Waals surface area contributed by atoms with Crippen LogP contribution in [-0.2, 0) is 16.0 Å². The van der Waals surface area contributed by atoms with E-state index < -0.39 is 0 Å². The number of thiocarbonyl (C=S) groups is 1. The van der Waals surface area contributed by atoms with E-state index in [4.69, 9.17) is 27.4 Å². The minimum absolute atomic E-state index is 0.127. The molecule has 1 saturated heterocycles. The zero-order valence-electron chi connectivity index (χ0n) is 11.3. The molecule has 0 aromatic heterocycles. The van der Waals surface area contributed by atoms with Crippen molar-refractivity contribution in [2.24, 2.45) is 5.73 Å². The first-order valence-corrected chi connectivity index (χ1v) is 6.72. The van der Waals surface area contributed by atoms with E-state index in [9.17, 15) is 0 Å². The van der Waals surface area contributed by atoms with Gasteiger partial charge in [-0.3, -0.25) is 4.90 Å². The third-order valence-corrected chi connectivity index (χ3v) is 3.79. The highest BCUT2D eigenvalue weighted by Crippen LogP contribution is 2.20. The number of benzene rings is 1. The molecule has 2 N–H and O–H groups in total. The number of nitrogens with two attached hydrogens (primary N) is 1. The van der Waals surface area contributed by atoms with Crippen LogP contribution in [0.25, 0.3) is 0 Å². The zero-order chi connectivity index (χ0) is 13.8. The van der Waals surface area contributed by atoms with Crippen LogP contribution in [0.1, 0.15) is 11.1 Å². The molecular formula is C14H20N2O2S. The largest absolute Gasteiger partial charge is 0.389 e. The van der Waals surface area contributed by atoms with E-state index in [0.717, 1.165) is 30.8 Å². The van der Waals surface area contributed by atoms with Crippen molar-refractivity contribution in [3.63, 3.8) is 0 Å². The van der Waals surface area contributed by atoms with Crippen LogP contribution < -0.4 is 5.73 Å². The van der Waals surface area contributed by atoms with Crippen LogP contribution in [-0.4, -0.2) is 49.4 Å². The molecule has 2 atom stereocenters. The SMILES string of the molecule is COC1CN(Cc2ccccc2C(N)=S)CC1OC. The van der Waals surface area contributed by atoms with Crippen molar-refractivity contribution in [1.29, 1.82) is 0 Å². The fraction of sp³-hybridized carbons (Fsp3) is 0.500. The summed E-state index contributed by atoms with van der Waals surface area (Å²) in [6.07, 6.45) is 0.254. The Labute approximate surface area is 119 Å². The van der Waals surface area contributed by atoms with Crippen molar-refractivity contribution in [2.45, 2.75) is 18.8 Å². The molecule has 19 heavy (non-hydrogen) atoms. The molecule has 0 radical (unpaired) electrons. The fourth-order valence-corrected chi connectivity index (χ4v) is 2.74. The summed E-state index contributed by atoms with van der Waals surface area (Å²) in [4.78, 5) is 2.75. The van der Waals surface area contributed by atoms with Gasteiger partial charge in [0.25, 0.3) is 0 Å². The molecule has 1 aromatic carbocycles. The molecule has 4 nitrogen and oxygen atoms in total. The maximum atomic E-state index is 5.76. The van der Waals surface area contributed by atoms with Crippen LogP contribution in [0.5, 0.6) is 0 Å². The Bertz CT molecular complexity index is 441. The van der Waals surface area contributed by atoms with Crippen molar-refractivity contribution in [2.75, 3.05) is 27.3 Å². The normalized spacial score (nSPS) is 23.7. The van der Waals surface area contributed by atoms with E-state index in [-0.39, 0.29) is 12.2 Å². The van der Waals surface area contributed by atoms with E-state index >= 15 is 0 Å². The van der Waals surface area contributed by atoms with E-state index in [1.54, 1.807) is 14.2 Å². The monoisotopic (exact) mass is 280 g/mol. The molecule has 2 rings (SSSR count). The van der Waals surface area contributed by atoms with E-state index in [0.29, 0.717) is 4.99 Å². The molecule has 1 aliphatic heterocycles. The van der Waals surface area contributed by atoms with Crippen LogP contribution >= 0.6 is 12.2 Å². The average Bonchev–Trinajstić information content (AvgIpc) is 2.81. The Morgan fingerprint density at radius 1 is 1.26 bits per heavy atom. The van der Waals surface area contributed by atoms with Gasteiger partial charge in [0, 0.05) is 39.4 Å². The summed E-state index contributed by atoms with van der Waals surface area (Å²) in [5, 5.41) is 0. The number of hydrogen-bond acceptors (Lipinski definition) is 4. The molecule has 0 bridgehead atoms. The molecule has 1 aliphatic rings. The summed E-state index contributed by atoms with van der Waals surface area (Å²) in [5.41, 5.74) is 7.86. The van der Waals surface area contributed by atoms with Gasteiger partial charge in [-0.15, -0.1) is 0 Å². The quantitative estimate of drug-likeness (QED) is 0.820. The number of nitrogens with zero attached hydrogens (tertiary/aromatic N) is 1. The molecule has 5 heteroatoms. The average molecular weight is 280 g/mol. The summed E-state index contributed by atoms with van der Waals surface area (Å²) in [6.45, 7) is 2.54. The summed E-state index contributed by atoms with van der Waals surface area (Å²) >= 11 is 5.09. The summed E-state index contributed by atoms with van der Waals surface area (Å²) in [6, 6.07) is 8.00. The number of hydrogen-bond donors (Lipinski definition) is 1. The first-order valence-electron chi connectivity index (χ1n) is 6.31. The minimum Gasteiger partial charge on any atom is -0.389 e. The van der Waals surface area contributed by atoms with Crippen molar-refractivity contribution < 1.29 is 9.47 Å². The van der Waals surface area contributed by atoms with E-state index in [2.05, 4.69) is 11.0 Å². The Morgan fingerprint density at radius 3 is 2.37 bits per heavy atom. The standard InChI is InChI=1S/C14H20N2O2S/c1-17-12-8-16(9-13(12)18-2)7-10-5-3-4-6-11(10)14(15)19/h3-6,12-13H,7-9H2,1-2H3,(H2,15,19). The van der Waals surface area contributed by atoms with Gasteiger partial charge >= 0.3 is 0 Å². The lowest BCUT2D eigenvalue weighted by molar-refractivity contribution is -0.00461. The van der Waals surface area contributed by atoms with E-state index in [1.165, 1.54) is 0 Å². The van der Waals surface area contributed by atoms with Gasteiger partial charge in [-0.25, -0.2) is 0 Å². The third kappa shape index (κ3) is 3.30. The van der Waals surface area contributed by atoms with Gasteiger partial charge in [-0.05, 0) is 5.56 Å². The van der Waals surface area contributed by atoms with Gasteiger partial charge in [-0.1, -0.05) is 36.5 Å². The second-order valence-electron chi connectivity index (χ2n) is 4.76. The highest BCUT2D eigenvalue weighted by atomic mass is 32.1. The van der Waals surface area contributed by atoms with Gasteiger partial charge in [0.05, 0.1) is 12.2 Å². The van der Waals surface area contributed by atoms with Crippen LogP contribution in [0.3, 0.4) is 0 Å². The van der Waals surface area contributed by atoms with Crippen molar-refractivity contribution in [3.8, 4) is 0 Å². The Hall–Kier alpha value is -1.01. The van der Waals surface area contributed by atoms with Crippen LogP contribution in [0.2, 0.25) is 0 Å². The highest BCUT2D eigenvalue weighted by Gasteiger charge is 2.32. The van der Waals surface area contributed by atoms with Crippen LogP contribution in [0.15, 0.2) is 24.3 Å². The molecule has 0 spiro atoms. The number of rotatable bonds is 5. The summed E-state index contributed by atoms with van der Waals surface area (Å²) in [7, 11) is 3.45. The Morgan fingerprint density at radius 2 is 1.84 bits per heavy atom. The summed E-state index contributed by atoms with van der Waals surface area (Å²) in [5.74, 6) is 0. The maximum absolute atomic E-state index is 5.76. The van der Waals surface area contributed by atoms with Crippen molar-refractivity contribution in [1.82, 2.24) is 4.90 Å². The molecular weight excluding hydrogens is 260 g/mol. The molecule has 104 valence electrons. The van der Waals surface area contributed by atoms with Crippen molar-refractivity contribution >= 4 is 17.2 Å². The van der Waals surface area contributed by atoms with Gasteiger partial charge in [-0.2, -0.15) is 0 Å². The number of methoxy groups -OCH3 is 2. The third-order valence-electron chi connectivity index (χ3n) is 3.57. The molecule has 0 aliphatic carbocycles. The number of likely N-dealkylation sites (tertiary alicyclic amines) is 1. The van der Waals surface area contributed by atoms with Crippen LogP contribution in [0, 0.1) is 0 Å². The topological polar surface area (TPSA) is 47.7 Å². The zero-order valence-corrected chi connectivity index (χ0v) is 12.2. The molecule has 0 saturated carbocycles. The van der Waals surface area contributed by atoms with E-state index in [1.807, 2.05) is 18.2 Å². The molecule has 1 aromatic rings. The lowest BCUT2D eigenvalue weighted by atomic mass is 10.1. The van der Waals surface area contributed by atoms with Gasteiger partial charge < -0.3 is 15.2 Å². The molecule has 1 fully saturated rings. The molecule has 0 amide bonds. The van der Waals surface area contributed by atoms with Gasteiger partial charge in [0.15, 0.2) is 0 Å². The minimum atomic E-state index is 0.127. The smallest absolute Gasteiger partial charge is 0.104 e. The lowest BCUT2D eigenvalue weighted by Crippen LogP contribution is -2.27. The second-order valence-corrected chi connectivity index (χ2v) is 5.20. The lowest BCUT2D eigenvalue weighted by Gasteiger charge is -2.17. The Kier molecular flexibility index (Phi) is 4.87. The van der Waals surface area contributed by atoms with Gasteiger partial charge in [0.1, 0.15) is 4.99 Å². The predicted molar refractivity (Wildman–Crippen MR) is 79.2 cm³/mol. The fourth-order valence-electron chi connectivity index (χ4n) is 2.54.